The van der Waals surface area contributed by atoms with Crippen molar-refractivity contribution in [2.45, 2.75) is 150 Å². The highest BCUT2D eigenvalue weighted by molar-refractivity contribution is 5.68. The Morgan fingerprint density at radius 3 is 1.00 bits per heavy atom. The Hall–Kier alpha value is -0.530. The molecule has 0 heterocycles. The smallest absolute Gasteiger partial charge is 0.305 e. The SMILES string of the molecule is CCC(=O)OC(C)C.CCCCCCCCCCCCCCCCCC. The van der Waals surface area contributed by atoms with E-state index in [0.29, 0.717) is 6.42 Å². The van der Waals surface area contributed by atoms with E-state index in [1.165, 1.54) is 103 Å². The lowest BCUT2D eigenvalue weighted by atomic mass is 10.0. The quantitative estimate of drug-likeness (QED) is 0.189. The zero-order valence-electron chi connectivity index (χ0n) is 18.9. The van der Waals surface area contributed by atoms with E-state index in [1.54, 1.807) is 6.92 Å². The van der Waals surface area contributed by atoms with Crippen LogP contribution in [0, 0.1) is 0 Å². The summed E-state index contributed by atoms with van der Waals surface area (Å²) in [5.41, 5.74) is 0. The third kappa shape index (κ3) is 28.3. The molecule has 0 bridgehead atoms. The van der Waals surface area contributed by atoms with Crippen LogP contribution in [-0.4, -0.2) is 12.1 Å². The molecule has 0 aromatic carbocycles. The van der Waals surface area contributed by atoms with Crippen LogP contribution in [0.3, 0.4) is 0 Å². The van der Waals surface area contributed by atoms with Crippen LogP contribution in [0.25, 0.3) is 0 Å². The van der Waals surface area contributed by atoms with Gasteiger partial charge in [-0.2, -0.15) is 0 Å². The number of hydrogen-bond donors (Lipinski definition) is 0. The van der Waals surface area contributed by atoms with Gasteiger partial charge in [-0.15, -0.1) is 0 Å². The van der Waals surface area contributed by atoms with Crippen molar-refractivity contribution in [2.75, 3.05) is 0 Å². The van der Waals surface area contributed by atoms with E-state index in [2.05, 4.69) is 13.8 Å². The van der Waals surface area contributed by atoms with Crippen LogP contribution in [0.1, 0.15) is 144 Å². The fourth-order valence-corrected chi connectivity index (χ4v) is 2.97. The maximum Gasteiger partial charge on any atom is 0.305 e. The van der Waals surface area contributed by atoms with Gasteiger partial charge < -0.3 is 4.74 Å². The number of rotatable bonds is 17. The van der Waals surface area contributed by atoms with E-state index in [1.807, 2.05) is 13.8 Å². The van der Waals surface area contributed by atoms with Gasteiger partial charge in [0.2, 0.25) is 0 Å². The fraction of sp³-hybridized carbons (Fsp3) is 0.958. The summed E-state index contributed by atoms with van der Waals surface area (Å²) in [5, 5.41) is 0. The molecule has 0 aliphatic carbocycles. The summed E-state index contributed by atoms with van der Waals surface area (Å²) in [5.74, 6) is -0.125. The number of hydrogen-bond acceptors (Lipinski definition) is 2. The largest absolute Gasteiger partial charge is 0.463 e. The minimum atomic E-state index is -0.125. The van der Waals surface area contributed by atoms with E-state index in [4.69, 9.17) is 4.74 Å². The maximum atomic E-state index is 10.4. The van der Waals surface area contributed by atoms with Gasteiger partial charge in [-0.05, 0) is 13.8 Å². The van der Waals surface area contributed by atoms with Crippen molar-refractivity contribution >= 4 is 5.97 Å². The Balaban J connectivity index is 0. The molecule has 0 radical (unpaired) electrons. The van der Waals surface area contributed by atoms with Gasteiger partial charge in [0.15, 0.2) is 0 Å². The van der Waals surface area contributed by atoms with Gasteiger partial charge in [0, 0.05) is 6.42 Å². The average molecular weight is 371 g/mol. The summed E-state index contributed by atoms with van der Waals surface area (Å²) in [6.45, 7) is 10.1. The van der Waals surface area contributed by atoms with Crippen molar-refractivity contribution in [3.05, 3.63) is 0 Å². The lowest BCUT2D eigenvalue weighted by Crippen LogP contribution is -2.09. The summed E-state index contributed by atoms with van der Waals surface area (Å²) >= 11 is 0. The number of esters is 1. The highest BCUT2D eigenvalue weighted by Gasteiger charge is 1.99. The van der Waals surface area contributed by atoms with E-state index >= 15 is 0 Å². The third-order valence-corrected chi connectivity index (χ3v) is 4.61. The van der Waals surface area contributed by atoms with Crippen molar-refractivity contribution < 1.29 is 9.53 Å². The minimum absolute atomic E-state index is 0.0300. The molecule has 0 saturated heterocycles. The molecule has 26 heavy (non-hydrogen) atoms. The molecule has 0 atom stereocenters. The molecule has 0 fully saturated rings. The summed E-state index contributed by atoms with van der Waals surface area (Å²) in [6.07, 6.45) is 23.9. The van der Waals surface area contributed by atoms with Crippen LogP contribution in [0.4, 0.5) is 0 Å². The summed E-state index contributed by atoms with van der Waals surface area (Å²) in [6, 6.07) is 0. The van der Waals surface area contributed by atoms with E-state index < -0.39 is 0 Å². The number of carbonyl (C=O) groups is 1. The summed E-state index contributed by atoms with van der Waals surface area (Å²) < 4.78 is 4.76. The average Bonchev–Trinajstić information content (AvgIpc) is 2.62. The van der Waals surface area contributed by atoms with Crippen LogP contribution < -0.4 is 0 Å². The predicted octanol–water partition coefficient (Wildman–Crippen LogP) is 8.62. The number of carbonyl (C=O) groups excluding carboxylic acids is 1. The Bertz CT molecular complexity index is 245. The lowest BCUT2D eigenvalue weighted by Gasteiger charge is -2.04. The molecular weight excluding hydrogens is 320 g/mol. The van der Waals surface area contributed by atoms with Gasteiger partial charge in [0.05, 0.1) is 6.10 Å². The van der Waals surface area contributed by atoms with E-state index in [9.17, 15) is 4.79 Å². The van der Waals surface area contributed by atoms with Gasteiger partial charge >= 0.3 is 5.97 Å². The molecule has 2 nitrogen and oxygen atoms in total. The van der Waals surface area contributed by atoms with Gasteiger partial charge in [-0.1, -0.05) is 124 Å². The second-order valence-corrected chi connectivity index (χ2v) is 7.84. The molecule has 0 N–H and O–H groups in total. The molecular formula is C24H50O2. The first-order valence-corrected chi connectivity index (χ1v) is 11.8. The van der Waals surface area contributed by atoms with Crippen molar-refractivity contribution in [1.29, 1.82) is 0 Å². The summed E-state index contributed by atoms with van der Waals surface area (Å²) in [4.78, 5) is 10.4. The highest BCUT2D eigenvalue weighted by Crippen LogP contribution is 2.13. The molecule has 0 aromatic rings. The first kappa shape index (κ1) is 27.7. The maximum absolute atomic E-state index is 10.4. The van der Waals surface area contributed by atoms with Crippen molar-refractivity contribution in [2.24, 2.45) is 0 Å². The molecule has 0 unspecified atom stereocenters. The second-order valence-electron chi connectivity index (χ2n) is 7.84. The normalized spacial score (nSPS) is 10.5. The molecule has 0 rings (SSSR count). The highest BCUT2D eigenvalue weighted by atomic mass is 16.5. The Labute approximate surface area is 165 Å². The number of ether oxygens (including phenoxy) is 1. The first-order valence-electron chi connectivity index (χ1n) is 11.8. The third-order valence-electron chi connectivity index (χ3n) is 4.61. The monoisotopic (exact) mass is 370 g/mol. The van der Waals surface area contributed by atoms with Crippen LogP contribution in [0.15, 0.2) is 0 Å². The minimum Gasteiger partial charge on any atom is -0.463 e. The Morgan fingerprint density at radius 2 is 0.846 bits per heavy atom. The molecule has 0 aromatic heterocycles. The first-order chi connectivity index (χ1) is 12.6. The molecule has 158 valence electrons. The fourth-order valence-electron chi connectivity index (χ4n) is 2.97. The Kier molecular flexibility index (Phi) is 26.1. The zero-order chi connectivity index (χ0) is 19.9. The van der Waals surface area contributed by atoms with Crippen LogP contribution >= 0.6 is 0 Å². The van der Waals surface area contributed by atoms with Crippen LogP contribution in [-0.2, 0) is 9.53 Å². The van der Waals surface area contributed by atoms with E-state index in [-0.39, 0.29) is 12.1 Å². The van der Waals surface area contributed by atoms with Crippen molar-refractivity contribution in [3.8, 4) is 0 Å². The van der Waals surface area contributed by atoms with Crippen LogP contribution in [0.2, 0.25) is 0 Å². The predicted molar refractivity (Wildman–Crippen MR) is 117 cm³/mol. The molecule has 0 saturated carbocycles. The second kappa shape index (κ2) is 24.5. The molecule has 0 aliphatic rings. The Morgan fingerprint density at radius 1 is 0.577 bits per heavy atom. The van der Waals surface area contributed by atoms with Crippen molar-refractivity contribution in [1.82, 2.24) is 0 Å². The summed E-state index contributed by atoms with van der Waals surface area (Å²) in [7, 11) is 0. The number of unbranched alkanes of at least 4 members (excludes halogenated alkanes) is 15. The van der Waals surface area contributed by atoms with E-state index in [0.717, 1.165) is 0 Å². The van der Waals surface area contributed by atoms with Gasteiger partial charge in [-0.3, -0.25) is 4.79 Å². The van der Waals surface area contributed by atoms with Gasteiger partial charge in [0.1, 0.15) is 0 Å². The molecule has 0 spiro atoms. The zero-order valence-corrected chi connectivity index (χ0v) is 18.9. The van der Waals surface area contributed by atoms with Crippen LogP contribution in [0.5, 0.6) is 0 Å². The molecule has 0 aliphatic heterocycles. The standard InChI is InChI=1S/C18H38.C6H12O2/c1-3-5-7-9-11-13-15-17-18-16-14-12-10-8-6-4-2;1-4-6(7)8-5(2)3/h3-18H2,1-2H3;5H,4H2,1-3H3. The van der Waals surface area contributed by atoms with Crippen molar-refractivity contribution in [3.63, 3.8) is 0 Å². The molecule has 2 heteroatoms. The molecule has 0 amide bonds. The topological polar surface area (TPSA) is 26.3 Å². The van der Waals surface area contributed by atoms with Gasteiger partial charge in [0.25, 0.3) is 0 Å². The lowest BCUT2D eigenvalue weighted by molar-refractivity contribution is -0.146. The van der Waals surface area contributed by atoms with Gasteiger partial charge in [-0.25, -0.2) is 0 Å².